The van der Waals surface area contributed by atoms with Gasteiger partial charge in [0, 0.05) is 12.6 Å². The molecule has 2 aromatic heterocycles. The number of hydrogen-bond acceptors (Lipinski definition) is 3. The molecule has 1 fully saturated rings. The van der Waals surface area contributed by atoms with Gasteiger partial charge in [-0.2, -0.15) is 5.10 Å². The van der Waals surface area contributed by atoms with Gasteiger partial charge in [-0.3, -0.25) is 9.63 Å². The molecule has 1 amide bonds. The summed E-state index contributed by atoms with van der Waals surface area (Å²) in [6.45, 7) is 6.53. The maximum Gasteiger partial charge on any atom is 0.281 e. The van der Waals surface area contributed by atoms with Crippen molar-refractivity contribution in [1.82, 2.24) is 14.7 Å². The fourth-order valence-corrected chi connectivity index (χ4v) is 2.63. The summed E-state index contributed by atoms with van der Waals surface area (Å²) in [5.41, 5.74) is 2.15. The number of rotatable bonds is 4. The molecular formula is C18H19N3O2. The highest BCUT2D eigenvalue weighted by molar-refractivity contribution is 6.00. The van der Waals surface area contributed by atoms with E-state index in [1.165, 1.54) is 5.06 Å². The van der Waals surface area contributed by atoms with Crippen molar-refractivity contribution in [3.8, 4) is 0 Å². The number of carbonyl (C=O) groups is 1. The molecule has 0 radical (unpaired) electrons. The second-order valence-corrected chi connectivity index (χ2v) is 5.32. The van der Waals surface area contributed by atoms with Gasteiger partial charge in [0.1, 0.15) is 0 Å². The standard InChI is InChI=1S/C18H19N3O2/c1-3-4-5-8-14(2)16-10-12-23-21(16)18(22)15-13-19-20-11-7-6-9-17(15)20/h3-9,11,13,16H,2,10,12H2,1H3/b4-3-,8-5-/t16-/m0/s1. The number of allylic oxidation sites excluding steroid dienone is 3. The number of hydroxylamine groups is 2. The minimum atomic E-state index is -0.186. The third-order valence-corrected chi connectivity index (χ3v) is 3.80. The molecule has 0 bridgehead atoms. The number of hydrogen-bond donors (Lipinski definition) is 0. The maximum atomic E-state index is 12.8. The predicted molar refractivity (Wildman–Crippen MR) is 88.8 cm³/mol. The number of nitrogens with zero attached hydrogens (tertiary/aromatic N) is 3. The highest BCUT2D eigenvalue weighted by atomic mass is 16.7. The molecule has 5 heteroatoms. The van der Waals surface area contributed by atoms with E-state index in [1.807, 2.05) is 55.6 Å². The van der Waals surface area contributed by atoms with Gasteiger partial charge >= 0.3 is 0 Å². The molecule has 0 saturated carbocycles. The first-order chi connectivity index (χ1) is 11.2. The zero-order valence-corrected chi connectivity index (χ0v) is 13.1. The van der Waals surface area contributed by atoms with Crippen LogP contribution < -0.4 is 0 Å². The Hall–Kier alpha value is -2.66. The first kappa shape index (κ1) is 15.2. The molecule has 2 aromatic rings. The Kier molecular flexibility index (Phi) is 4.39. The Bertz CT molecular complexity index is 788. The minimum Gasteiger partial charge on any atom is -0.270 e. The zero-order chi connectivity index (χ0) is 16.2. The van der Waals surface area contributed by atoms with Gasteiger partial charge in [-0.25, -0.2) is 9.58 Å². The first-order valence-electron chi connectivity index (χ1n) is 7.59. The van der Waals surface area contributed by atoms with E-state index in [2.05, 4.69) is 11.7 Å². The summed E-state index contributed by atoms with van der Waals surface area (Å²) in [6, 6.07) is 5.47. The number of fused-ring (bicyclic) bond motifs is 1. The molecule has 118 valence electrons. The van der Waals surface area contributed by atoms with Gasteiger partial charge in [0.05, 0.1) is 29.9 Å². The SMILES string of the molecule is C=C(/C=C\C=C/C)[C@@H]1CCON1C(=O)c1cnn2ccccc12. The lowest BCUT2D eigenvalue weighted by Gasteiger charge is -2.22. The Morgan fingerprint density at radius 1 is 1.43 bits per heavy atom. The van der Waals surface area contributed by atoms with Crippen molar-refractivity contribution in [3.05, 3.63) is 72.6 Å². The normalized spacial score (nSPS) is 18.5. The van der Waals surface area contributed by atoms with Crippen molar-refractivity contribution >= 4 is 11.4 Å². The summed E-state index contributed by atoms with van der Waals surface area (Å²) in [6.07, 6.45) is 11.8. The average Bonchev–Trinajstić information content (AvgIpc) is 3.21. The molecule has 0 aromatic carbocycles. The Morgan fingerprint density at radius 2 is 2.30 bits per heavy atom. The molecule has 0 spiro atoms. The van der Waals surface area contributed by atoms with Crippen molar-refractivity contribution in [2.24, 2.45) is 0 Å². The van der Waals surface area contributed by atoms with E-state index >= 15 is 0 Å². The van der Waals surface area contributed by atoms with Gasteiger partial charge in [0.15, 0.2) is 0 Å². The highest BCUT2D eigenvalue weighted by Crippen LogP contribution is 2.25. The second kappa shape index (κ2) is 6.62. The van der Waals surface area contributed by atoms with E-state index in [0.29, 0.717) is 12.2 Å². The van der Waals surface area contributed by atoms with Crippen molar-refractivity contribution in [2.75, 3.05) is 6.61 Å². The van der Waals surface area contributed by atoms with Gasteiger partial charge in [-0.05, 0) is 24.6 Å². The lowest BCUT2D eigenvalue weighted by atomic mass is 10.1. The summed E-state index contributed by atoms with van der Waals surface area (Å²) < 4.78 is 1.68. The van der Waals surface area contributed by atoms with Gasteiger partial charge < -0.3 is 0 Å². The third-order valence-electron chi connectivity index (χ3n) is 3.80. The van der Waals surface area contributed by atoms with Crippen LogP contribution in [-0.4, -0.2) is 33.2 Å². The second-order valence-electron chi connectivity index (χ2n) is 5.32. The topological polar surface area (TPSA) is 46.8 Å². The molecule has 23 heavy (non-hydrogen) atoms. The summed E-state index contributed by atoms with van der Waals surface area (Å²) in [5.74, 6) is -0.186. The fraction of sp³-hybridized carbons (Fsp3) is 0.222. The van der Waals surface area contributed by atoms with Crippen LogP contribution in [0.3, 0.4) is 0 Å². The molecule has 3 heterocycles. The highest BCUT2D eigenvalue weighted by Gasteiger charge is 2.33. The molecule has 5 nitrogen and oxygen atoms in total. The fourth-order valence-electron chi connectivity index (χ4n) is 2.63. The maximum absolute atomic E-state index is 12.8. The van der Waals surface area contributed by atoms with E-state index in [9.17, 15) is 4.79 Å². The van der Waals surface area contributed by atoms with E-state index in [-0.39, 0.29) is 11.9 Å². The summed E-state index contributed by atoms with van der Waals surface area (Å²) >= 11 is 0. The molecule has 1 aliphatic heterocycles. The summed E-state index contributed by atoms with van der Waals surface area (Å²) in [4.78, 5) is 18.4. The van der Waals surface area contributed by atoms with Gasteiger partial charge in [0.25, 0.3) is 5.91 Å². The van der Waals surface area contributed by atoms with Crippen LogP contribution in [0.2, 0.25) is 0 Å². The first-order valence-corrected chi connectivity index (χ1v) is 7.59. The average molecular weight is 309 g/mol. The van der Waals surface area contributed by atoms with E-state index in [4.69, 9.17) is 4.84 Å². The van der Waals surface area contributed by atoms with Crippen LogP contribution in [0.1, 0.15) is 23.7 Å². The zero-order valence-electron chi connectivity index (χ0n) is 13.1. The van der Waals surface area contributed by atoms with Crippen LogP contribution in [0, 0.1) is 0 Å². The van der Waals surface area contributed by atoms with Gasteiger partial charge in [0.2, 0.25) is 0 Å². The largest absolute Gasteiger partial charge is 0.281 e. The van der Waals surface area contributed by atoms with Crippen LogP contribution in [0.25, 0.3) is 5.52 Å². The van der Waals surface area contributed by atoms with Crippen LogP contribution >= 0.6 is 0 Å². The lowest BCUT2D eigenvalue weighted by Crippen LogP contribution is -2.35. The van der Waals surface area contributed by atoms with Crippen molar-refractivity contribution < 1.29 is 9.63 Å². The van der Waals surface area contributed by atoms with Gasteiger partial charge in [-0.15, -0.1) is 0 Å². The number of pyridine rings is 1. The smallest absolute Gasteiger partial charge is 0.270 e. The van der Waals surface area contributed by atoms with Crippen LogP contribution in [0.4, 0.5) is 0 Å². The van der Waals surface area contributed by atoms with Crippen molar-refractivity contribution in [3.63, 3.8) is 0 Å². The van der Waals surface area contributed by atoms with Gasteiger partial charge in [-0.1, -0.05) is 36.9 Å². The number of aromatic nitrogens is 2. The van der Waals surface area contributed by atoms with Crippen LogP contribution in [0.15, 0.2) is 67.0 Å². The predicted octanol–water partition coefficient (Wildman–Crippen LogP) is 3.17. The molecule has 0 unspecified atom stereocenters. The third kappa shape index (κ3) is 2.96. The van der Waals surface area contributed by atoms with Crippen molar-refractivity contribution in [1.29, 1.82) is 0 Å². The number of amides is 1. The summed E-state index contributed by atoms with van der Waals surface area (Å²) in [7, 11) is 0. The molecular weight excluding hydrogens is 290 g/mol. The molecule has 1 saturated heterocycles. The quantitative estimate of drug-likeness (QED) is 0.815. The molecule has 1 aliphatic rings. The minimum absolute atomic E-state index is 0.150. The Morgan fingerprint density at radius 3 is 3.13 bits per heavy atom. The monoisotopic (exact) mass is 309 g/mol. The van der Waals surface area contributed by atoms with Crippen LogP contribution in [0.5, 0.6) is 0 Å². The van der Waals surface area contributed by atoms with E-state index < -0.39 is 0 Å². The molecule has 0 aliphatic carbocycles. The molecule has 1 atom stereocenters. The molecule has 0 N–H and O–H groups in total. The van der Waals surface area contributed by atoms with Crippen molar-refractivity contribution in [2.45, 2.75) is 19.4 Å². The van der Waals surface area contributed by atoms with Crippen LogP contribution in [-0.2, 0) is 4.84 Å². The number of carbonyl (C=O) groups excluding carboxylic acids is 1. The Balaban J connectivity index is 1.85. The van der Waals surface area contributed by atoms with E-state index in [0.717, 1.165) is 17.5 Å². The molecule has 3 rings (SSSR count). The van der Waals surface area contributed by atoms with E-state index in [1.54, 1.807) is 10.7 Å². The lowest BCUT2D eigenvalue weighted by molar-refractivity contribution is -0.0892. The Labute approximate surface area is 135 Å². The summed E-state index contributed by atoms with van der Waals surface area (Å²) in [5, 5.41) is 5.63.